The van der Waals surface area contributed by atoms with E-state index in [2.05, 4.69) is 18.1 Å². The van der Waals surface area contributed by atoms with Crippen molar-refractivity contribution in [3.63, 3.8) is 0 Å². The van der Waals surface area contributed by atoms with E-state index in [4.69, 9.17) is 4.74 Å². The van der Waals surface area contributed by atoms with E-state index in [1.807, 2.05) is 88.5 Å². The molecule has 1 saturated heterocycles. The van der Waals surface area contributed by atoms with Crippen molar-refractivity contribution in [2.45, 2.75) is 44.2 Å². The molecule has 0 radical (unpaired) electrons. The summed E-state index contributed by atoms with van der Waals surface area (Å²) in [7, 11) is 1.97. The van der Waals surface area contributed by atoms with E-state index in [1.54, 1.807) is 11.0 Å². The average molecular weight is 447 g/mol. The van der Waals surface area contributed by atoms with E-state index >= 15 is 0 Å². The molecule has 2 aromatic carbocycles. The number of ketones is 1. The predicted molar refractivity (Wildman–Crippen MR) is 134 cm³/mol. The zero-order valence-corrected chi connectivity index (χ0v) is 20.1. The Morgan fingerprint density at radius 1 is 1.12 bits per heavy atom. The monoisotopic (exact) mass is 446 g/mol. The minimum atomic E-state index is -0.667. The molecule has 1 aliphatic heterocycles. The highest BCUT2D eigenvalue weighted by Crippen LogP contribution is 2.46. The Balaban J connectivity index is 2.14. The number of rotatable bonds is 7. The Morgan fingerprint density at radius 3 is 2.36 bits per heavy atom. The summed E-state index contributed by atoms with van der Waals surface area (Å²) in [5, 5.41) is 0. The predicted octanol–water partition coefficient (Wildman–Crippen LogP) is 5.62. The number of ether oxygens (including phenoxy) is 1. The number of nitrogens with zero attached hydrogens (tertiary/aromatic N) is 2. The molecule has 3 rings (SSSR count). The van der Waals surface area contributed by atoms with Crippen LogP contribution < -0.4 is 4.90 Å². The zero-order valence-electron chi connectivity index (χ0n) is 20.1. The van der Waals surface area contributed by atoms with E-state index in [0.29, 0.717) is 17.7 Å². The number of carbonyl (C=O) groups is 2. The van der Waals surface area contributed by atoms with Gasteiger partial charge in [-0.15, -0.1) is 13.2 Å². The Bertz CT molecular complexity index is 1020. The average Bonchev–Trinajstić information content (AvgIpc) is 3.13. The number of para-hydroxylation sites is 1. The summed E-state index contributed by atoms with van der Waals surface area (Å²) in [5.74, 6) is 0.0397. The summed E-state index contributed by atoms with van der Waals surface area (Å²) in [6.07, 6.45) is 3.81. The van der Waals surface area contributed by atoms with Crippen LogP contribution in [0.2, 0.25) is 0 Å². The van der Waals surface area contributed by atoms with E-state index in [-0.39, 0.29) is 12.3 Å². The molecule has 5 heteroatoms. The van der Waals surface area contributed by atoms with E-state index < -0.39 is 23.2 Å². The van der Waals surface area contributed by atoms with Crippen molar-refractivity contribution in [3.8, 4) is 0 Å². The van der Waals surface area contributed by atoms with E-state index in [9.17, 15) is 9.59 Å². The van der Waals surface area contributed by atoms with E-state index in [1.165, 1.54) is 0 Å². The van der Waals surface area contributed by atoms with Crippen LogP contribution in [0.25, 0.3) is 0 Å². The third kappa shape index (κ3) is 4.93. The van der Waals surface area contributed by atoms with Gasteiger partial charge in [0.15, 0.2) is 5.78 Å². The number of Topliss-reactive ketones (excluding diaryl/α,β-unsaturated/α-hetero) is 1. The fraction of sp³-hybridized carbons (Fsp3) is 0.357. The molecule has 0 aliphatic carbocycles. The van der Waals surface area contributed by atoms with Gasteiger partial charge in [0.25, 0.3) is 0 Å². The maximum atomic E-state index is 13.7. The third-order valence-corrected chi connectivity index (χ3v) is 6.10. The van der Waals surface area contributed by atoms with Crippen LogP contribution in [0.15, 0.2) is 79.9 Å². The molecule has 0 spiro atoms. The summed E-state index contributed by atoms with van der Waals surface area (Å²) in [5.41, 5.74) is 0.940. The first-order valence-corrected chi connectivity index (χ1v) is 11.3. The Labute approximate surface area is 197 Å². The SMILES string of the molecule is C=CCN(C(=O)OC(C)(C)C)c1ccccc1[C@@]1(C=C)CCN(C)[C@@H]1C(=O)c1ccccc1. The highest BCUT2D eigenvalue weighted by Gasteiger charge is 2.50. The Hall–Kier alpha value is -3.18. The van der Waals surface area contributed by atoms with Gasteiger partial charge in [0.2, 0.25) is 0 Å². The molecule has 0 aromatic heterocycles. The number of benzene rings is 2. The van der Waals surface area contributed by atoms with Crippen LogP contribution in [0.1, 0.15) is 43.1 Å². The summed E-state index contributed by atoms with van der Waals surface area (Å²) in [6, 6.07) is 16.6. The van der Waals surface area contributed by atoms with Crippen LogP contribution in [0.5, 0.6) is 0 Å². The van der Waals surface area contributed by atoms with Gasteiger partial charge < -0.3 is 4.74 Å². The molecule has 174 valence electrons. The molecular formula is C28H34N2O3. The fourth-order valence-corrected chi connectivity index (χ4v) is 4.64. The van der Waals surface area contributed by atoms with Crippen molar-refractivity contribution >= 4 is 17.6 Å². The molecular weight excluding hydrogens is 412 g/mol. The highest BCUT2D eigenvalue weighted by molar-refractivity contribution is 6.02. The van der Waals surface area contributed by atoms with Crippen molar-refractivity contribution in [1.29, 1.82) is 0 Å². The Morgan fingerprint density at radius 2 is 1.76 bits per heavy atom. The summed E-state index contributed by atoms with van der Waals surface area (Å²) in [4.78, 5) is 30.6. The van der Waals surface area contributed by atoms with Gasteiger partial charge in [0, 0.05) is 17.5 Å². The maximum Gasteiger partial charge on any atom is 0.415 e. The maximum absolute atomic E-state index is 13.7. The molecule has 1 aliphatic rings. The van der Waals surface area contributed by atoms with Crippen LogP contribution in [-0.4, -0.2) is 48.6 Å². The first-order chi connectivity index (χ1) is 15.6. The van der Waals surface area contributed by atoms with Crippen molar-refractivity contribution in [2.75, 3.05) is 25.0 Å². The minimum absolute atomic E-state index is 0.0397. The van der Waals surface area contributed by atoms with E-state index in [0.717, 1.165) is 12.1 Å². The van der Waals surface area contributed by atoms with Crippen molar-refractivity contribution < 1.29 is 14.3 Å². The van der Waals surface area contributed by atoms with Gasteiger partial charge in [0.05, 0.1) is 11.7 Å². The lowest BCUT2D eigenvalue weighted by molar-refractivity contribution is 0.0584. The van der Waals surface area contributed by atoms with Gasteiger partial charge in [-0.05, 0) is 52.4 Å². The Kier molecular flexibility index (Phi) is 7.23. The molecule has 2 atom stereocenters. The molecule has 5 nitrogen and oxygen atoms in total. The number of anilines is 1. The van der Waals surface area contributed by atoms with Gasteiger partial charge >= 0.3 is 6.09 Å². The first-order valence-electron chi connectivity index (χ1n) is 11.3. The van der Waals surface area contributed by atoms with Crippen LogP contribution in [0, 0.1) is 0 Å². The van der Waals surface area contributed by atoms with Gasteiger partial charge in [-0.25, -0.2) is 4.79 Å². The summed E-state index contributed by atoms with van der Waals surface area (Å²) in [6.45, 7) is 14.5. The molecule has 2 aromatic rings. The summed E-state index contributed by atoms with van der Waals surface area (Å²) >= 11 is 0. The number of hydrogen-bond donors (Lipinski definition) is 0. The molecule has 0 bridgehead atoms. The second-order valence-corrected chi connectivity index (χ2v) is 9.50. The number of likely N-dealkylation sites (N-methyl/N-ethyl adjacent to an activating group) is 1. The molecule has 1 fully saturated rings. The normalized spacial score (nSPS) is 20.8. The third-order valence-electron chi connectivity index (χ3n) is 6.10. The van der Waals surface area contributed by atoms with Crippen molar-refractivity contribution in [1.82, 2.24) is 4.90 Å². The molecule has 1 heterocycles. The van der Waals surface area contributed by atoms with Gasteiger partial charge in [-0.3, -0.25) is 14.6 Å². The molecule has 0 saturated carbocycles. The lowest BCUT2D eigenvalue weighted by atomic mass is 9.71. The summed E-state index contributed by atoms with van der Waals surface area (Å²) < 4.78 is 5.69. The number of amides is 1. The lowest BCUT2D eigenvalue weighted by Gasteiger charge is -2.37. The molecule has 1 amide bonds. The standard InChI is InChI=1S/C28H34N2O3/c1-7-19-30(26(32)33-27(3,4)5)23-17-13-12-16-22(23)28(8-2)18-20-29(6)25(28)24(31)21-14-10-9-11-15-21/h7-17,25H,1-2,18-20H2,3-6H3/t25-,28-/m1/s1. The smallest absolute Gasteiger partial charge is 0.415 e. The minimum Gasteiger partial charge on any atom is -0.443 e. The van der Waals surface area contributed by atoms with Gasteiger partial charge in [0.1, 0.15) is 5.60 Å². The lowest BCUT2D eigenvalue weighted by Crippen LogP contribution is -2.47. The molecule has 0 N–H and O–H groups in total. The topological polar surface area (TPSA) is 49.9 Å². The highest BCUT2D eigenvalue weighted by atomic mass is 16.6. The van der Waals surface area contributed by atoms with Crippen molar-refractivity contribution in [2.24, 2.45) is 0 Å². The van der Waals surface area contributed by atoms with Crippen LogP contribution in [0.3, 0.4) is 0 Å². The van der Waals surface area contributed by atoms with Crippen LogP contribution in [-0.2, 0) is 10.2 Å². The number of hydrogen-bond acceptors (Lipinski definition) is 4. The van der Waals surface area contributed by atoms with Crippen LogP contribution >= 0.6 is 0 Å². The zero-order chi connectivity index (χ0) is 24.2. The van der Waals surface area contributed by atoms with Crippen molar-refractivity contribution in [3.05, 3.63) is 91.0 Å². The second kappa shape index (κ2) is 9.75. The molecule has 0 unspecified atom stereocenters. The second-order valence-electron chi connectivity index (χ2n) is 9.50. The van der Waals surface area contributed by atoms with Crippen LogP contribution in [0.4, 0.5) is 10.5 Å². The van der Waals surface area contributed by atoms with Gasteiger partial charge in [-0.1, -0.05) is 60.7 Å². The fourth-order valence-electron chi connectivity index (χ4n) is 4.64. The van der Waals surface area contributed by atoms with Gasteiger partial charge in [-0.2, -0.15) is 0 Å². The number of likely N-dealkylation sites (tertiary alicyclic amines) is 1. The largest absolute Gasteiger partial charge is 0.443 e. The first kappa shape index (κ1) is 24.5. The molecule has 33 heavy (non-hydrogen) atoms. The number of carbonyl (C=O) groups excluding carboxylic acids is 2. The quantitative estimate of drug-likeness (QED) is 0.409.